The van der Waals surface area contributed by atoms with E-state index in [-0.39, 0.29) is 18.5 Å². The Kier molecular flexibility index (Phi) is 5.93. The molecule has 0 bridgehead atoms. The van der Waals surface area contributed by atoms with Gasteiger partial charge in [0.2, 0.25) is 0 Å². The molecule has 1 unspecified atom stereocenters. The second kappa shape index (κ2) is 8.55. The Morgan fingerprint density at radius 2 is 1.80 bits per heavy atom. The number of aromatic nitrogens is 2. The Balaban J connectivity index is 1.66. The SMILES string of the molecule is OCCCC(NCc1ccn(-c2ccc(F)cc2)n1)c1ccccc1. The molecule has 0 fully saturated rings. The molecule has 1 atom stereocenters. The lowest BCUT2D eigenvalue weighted by atomic mass is 10.0. The van der Waals surface area contributed by atoms with E-state index in [1.54, 1.807) is 16.8 Å². The summed E-state index contributed by atoms with van der Waals surface area (Å²) in [5.74, 6) is -0.257. The van der Waals surface area contributed by atoms with Gasteiger partial charge in [0.25, 0.3) is 0 Å². The van der Waals surface area contributed by atoms with E-state index >= 15 is 0 Å². The number of benzene rings is 2. The van der Waals surface area contributed by atoms with Crippen molar-refractivity contribution in [2.45, 2.75) is 25.4 Å². The Bertz CT molecular complexity index is 771. The average molecular weight is 339 g/mol. The fourth-order valence-electron chi connectivity index (χ4n) is 2.79. The third kappa shape index (κ3) is 4.75. The smallest absolute Gasteiger partial charge is 0.123 e. The van der Waals surface area contributed by atoms with Crippen LogP contribution in [0.1, 0.15) is 30.1 Å². The van der Waals surface area contributed by atoms with E-state index < -0.39 is 0 Å². The van der Waals surface area contributed by atoms with E-state index in [4.69, 9.17) is 5.11 Å². The molecule has 1 heterocycles. The van der Waals surface area contributed by atoms with Crippen LogP contribution < -0.4 is 5.32 Å². The number of rotatable bonds is 8. The molecule has 0 spiro atoms. The van der Waals surface area contributed by atoms with Crippen molar-refractivity contribution in [2.24, 2.45) is 0 Å². The normalized spacial score (nSPS) is 12.2. The first-order chi connectivity index (χ1) is 12.3. The number of aliphatic hydroxyl groups excluding tert-OH is 1. The zero-order chi connectivity index (χ0) is 17.5. The van der Waals surface area contributed by atoms with Gasteiger partial charge in [0.1, 0.15) is 5.82 Å². The first kappa shape index (κ1) is 17.3. The topological polar surface area (TPSA) is 50.1 Å². The van der Waals surface area contributed by atoms with Gasteiger partial charge in [-0.15, -0.1) is 0 Å². The average Bonchev–Trinajstić information content (AvgIpc) is 3.12. The van der Waals surface area contributed by atoms with E-state index in [9.17, 15) is 4.39 Å². The molecule has 2 aromatic carbocycles. The molecule has 1 aromatic heterocycles. The third-order valence-electron chi connectivity index (χ3n) is 4.12. The summed E-state index contributed by atoms with van der Waals surface area (Å²) < 4.78 is 14.8. The summed E-state index contributed by atoms with van der Waals surface area (Å²) in [7, 11) is 0. The first-order valence-electron chi connectivity index (χ1n) is 8.46. The zero-order valence-corrected chi connectivity index (χ0v) is 14.0. The van der Waals surface area contributed by atoms with Gasteiger partial charge in [0.15, 0.2) is 0 Å². The quantitative estimate of drug-likeness (QED) is 0.659. The van der Waals surface area contributed by atoms with Gasteiger partial charge < -0.3 is 10.4 Å². The number of aliphatic hydroxyl groups is 1. The van der Waals surface area contributed by atoms with Crippen LogP contribution in [0.4, 0.5) is 4.39 Å². The molecule has 130 valence electrons. The first-order valence-corrected chi connectivity index (χ1v) is 8.46. The van der Waals surface area contributed by atoms with Gasteiger partial charge >= 0.3 is 0 Å². The lowest BCUT2D eigenvalue weighted by Gasteiger charge is -2.18. The highest BCUT2D eigenvalue weighted by Gasteiger charge is 2.11. The van der Waals surface area contributed by atoms with Crippen LogP contribution in [-0.4, -0.2) is 21.5 Å². The fraction of sp³-hybridized carbons (Fsp3) is 0.250. The summed E-state index contributed by atoms with van der Waals surface area (Å²) in [6.45, 7) is 0.809. The number of halogens is 1. The third-order valence-corrected chi connectivity index (χ3v) is 4.12. The molecule has 4 nitrogen and oxygen atoms in total. The monoisotopic (exact) mass is 339 g/mol. The number of hydrogen-bond donors (Lipinski definition) is 2. The minimum Gasteiger partial charge on any atom is -0.396 e. The van der Waals surface area contributed by atoms with Gasteiger partial charge in [0, 0.05) is 25.4 Å². The van der Waals surface area contributed by atoms with Crippen LogP contribution in [0.15, 0.2) is 66.9 Å². The minimum absolute atomic E-state index is 0.171. The maximum Gasteiger partial charge on any atom is 0.123 e. The van der Waals surface area contributed by atoms with Gasteiger partial charge in [-0.2, -0.15) is 5.10 Å². The molecule has 5 heteroatoms. The molecule has 0 saturated carbocycles. The molecular formula is C20H22FN3O. The largest absolute Gasteiger partial charge is 0.396 e. The standard InChI is InChI=1S/C20H22FN3O/c21-17-8-10-19(11-9-17)24-13-12-18(23-24)15-22-20(7-4-14-25)16-5-2-1-3-6-16/h1-3,5-6,8-13,20,22,25H,4,7,14-15H2. The highest BCUT2D eigenvalue weighted by atomic mass is 19.1. The molecule has 0 aliphatic rings. The molecule has 0 saturated heterocycles. The van der Waals surface area contributed by atoms with Crippen molar-refractivity contribution in [1.82, 2.24) is 15.1 Å². The summed E-state index contributed by atoms with van der Waals surface area (Å²) in [4.78, 5) is 0. The molecule has 25 heavy (non-hydrogen) atoms. The van der Waals surface area contributed by atoms with Gasteiger partial charge in [-0.25, -0.2) is 9.07 Å². The van der Waals surface area contributed by atoms with Crippen molar-refractivity contribution >= 4 is 0 Å². The highest BCUT2D eigenvalue weighted by Crippen LogP contribution is 2.19. The van der Waals surface area contributed by atoms with Crippen LogP contribution in [0.3, 0.4) is 0 Å². The van der Waals surface area contributed by atoms with E-state index in [2.05, 4.69) is 22.5 Å². The Morgan fingerprint density at radius 3 is 2.52 bits per heavy atom. The molecule has 3 aromatic rings. The van der Waals surface area contributed by atoms with Crippen molar-refractivity contribution in [2.75, 3.05) is 6.61 Å². The molecule has 3 rings (SSSR count). The summed E-state index contributed by atoms with van der Waals surface area (Å²) in [6, 6.07) is 18.6. The van der Waals surface area contributed by atoms with Crippen molar-refractivity contribution in [3.63, 3.8) is 0 Å². The lowest BCUT2D eigenvalue weighted by molar-refractivity contribution is 0.274. The fourth-order valence-corrected chi connectivity index (χ4v) is 2.79. The molecule has 0 aliphatic heterocycles. The van der Waals surface area contributed by atoms with E-state index in [0.717, 1.165) is 24.2 Å². The van der Waals surface area contributed by atoms with Crippen LogP contribution in [0, 0.1) is 5.82 Å². The Labute approximate surface area is 146 Å². The highest BCUT2D eigenvalue weighted by molar-refractivity contribution is 5.31. The lowest BCUT2D eigenvalue weighted by Crippen LogP contribution is -2.21. The van der Waals surface area contributed by atoms with Gasteiger partial charge in [-0.05, 0) is 48.7 Å². The Morgan fingerprint density at radius 1 is 1.04 bits per heavy atom. The van der Waals surface area contributed by atoms with Gasteiger partial charge in [-0.1, -0.05) is 30.3 Å². The van der Waals surface area contributed by atoms with E-state index in [1.807, 2.05) is 30.5 Å². The second-order valence-electron chi connectivity index (χ2n) is 5.94. The van der Waals surface area contributed by atoms with E-state index in [1.165, 1.54) is 17.7 Å². The zero-order valence-electron chi connectivity index (χ0n) is 14.0. The molecule has 0 radical (unpaired) electrons. The van der Waals surface area contributed by atoms with Crippen LogP contribution in [0.2, 0.25) is 0 Å². The van der Waals surface area contributed by atoms with Crippen molar-refractivity contribution in [1.29, 1.82) is 0 Å². The van der Waals surface area contributed by atoms with Crippen molar-refractivity contribution < 1.29 is 9.50 Å². The number of nitrogens with one attached hydrogen (secondary N) is 1. The van der Waals surface area contributed by atoms with Crippen LogP contribution >= 0.6 is 0 Å². The molecular weight excluding hydrogens is 317 g/mol. The molecule has 2 N–H and O–H groups in total. The van der Waals surface area contributed by atoms with Gasteiger partial charge in [0.05, 0.1) is 11.4 Å². The van der Waals surface area contributed by atoms with Crippen LogP contribution in [-0.2, 0) is 6.54 Å². The predicted octanol–water partition coefficient (Wildman–Crippen LogP) is 3.61. The van der Waals surface area contributed by atoms with Crippen molar-refractivity contribution in [3.05, 3.63) is 83.9 Å². The maximum atomic E-state index is 13.0. The maximum absolute atomic E-state index is 13.0. The number of nitrogens with zero attached hydrogens (tertiary/aromatic N) is 2. The van der Waals surface area contributed by atoms with Crippen molar-refractivity contribution in [3.8, 4) is 5.69 Å². The summed E-state index contributed by atoms with van der Waals surface area (Å²) in [5.41, 5.74) is 2.94. The minimum atomic E-state index is -0.257. The van der Waals surface area contributed by atoms with Crippen LogP contribution in [0.25, 0.3) is 5.69 Å². The second-order valence-corrected chi connectivity index (χ2v) is 5.94. The molecule has 0 aliphatic carbocycles. The van der Waals surface area contributed by atoms with E-state index in [0.29, 0.717) is 6.54 Å². The number of hydrogen-bond acceptors (Lipinski definition) is 3. The molecule has 0 amide bonds. The van der Waals surface area contributed by atoms with Crippen LogP contribution in [0.5, 0.6) is 0 Å². The summed E-state index contributed by atoms with van der Waals surface area (Å²) in [6.07, 6.45) is 3.48. The Hall–Kier alpha value is -2.50. The summed E-state index contributed by atoms with van der Waals surface area (Å²) >= 11 is 0. The predicted molar refractivity (Wildman–Crippen MR) is 95.9 cm³/mol. The van der Waals surface area contributed by atoms with Gasteiger partial charge in [-0.3, -0.25) is 0 Å². The summed E-state index contributed by atoms with van der Waals surface area (Å²) in [5, 5.41) is 17.2.